The lowest BCUT2D eigenvalue weighted by Crippen LogP contribution is -2.13. The van der Waals surface area contributed by atoms with Crippen LogP contribution in [-0.2, 0) is 21.9 Å². The van der Waals surface area contributed by atoms with Gasteiger partial charge in [-0.1, -0.05) is 31.2 Å². The maximum absolute atomic E-state index is 12.5. The van der Waals surface area contributed by atoms with Crippen molar-refractivity contribution in [3.63, 3.8) is 0 Å². The molecule has 11 heteroatoms. The van der Waals surface area contributed by atoms with Crippen LogP contribution in [0.4, 0.5) is 37.7 Å². The predicted octanol–water partition coefficient (Wildman–Crippen LogP) is 6.62. The molecule has 0 aliphatic heterocycles. The van der Waals surface area contributed by atoms with Crippen LogP contribution in [0.3, 0.4) is 0 Å². The second-order valence-electron chi connectivity index (χ2n) is 5.59. The summed E-state index contributed by atoms with van der Waals surface area (Å²) in [6.07, 6.45) is -8.98. The van der Waals surface area contributed by atoms with E-state index in [1.54, 1.807) is 0 Å². The van der Waals surface area contributed by atoms with Crippen molar-refractivity contribution in [3.05, 3.63) is 58.6 Å². The van der Waals surface area contributed by atoms with Gasteiger partial charge in [-0.05, 0) is 30.3 Å². The van der Waals surface area contributed by atoms with Crippen molar-refractivity contribution < 1.29 is 35.9 Å². The Kier molecular flexibility index (Phi) is 9.87. The Morgan fingerprint density at radius 2 is 1.20 bits per heavy atom. The van der Waals surface area contributed by atoms with Crippen molar-refractivity contribution >= 4 is 34.8 Å². The Labute approximate surface area is 174 Å². The summed E-state index contributed by atoms with van der Waals surface area (Å²) in [6.45, 7) is 2.29. The van der Waals surface area contributed by atoms with Gasteiger partial charge in [0.05, 0.1) is 22.5 Å². The molecule has 2 rings (SSSR count). The highest BCUT2D eigenvalue weighted by Crippen LogP contribution is 2.36. The molecule has 0 unspecified atom stereocenters. The highest BCUT2D eigenvalue weighted by atomic mass is 35.5. The zero-order valence-corrected chi connectivity index (χ0v) is 15.8. The minimum atomic E-state index is -4.54. The Hall–Kier alpha value is -2.75. The number of alkyl halides is 6. The Balaban J connectivity index is 0.000000544. The number of hydrogen-bond acceptors (Lipinski definition) is 2. The first-order valence-electron chi connectivity index (χ1n) is 7.80. The van der Waals surface area contributed by atoms with Crippen LogP contribution in [0.15, 0.2) is 42.5 Å². The molecule has 2 N–H and O–H groups in total. The van der Waals surface area contributed by atoms with E-state index in [4.69, 9.17) is 11.6 Å². The van der Waals surface area contributed by atoms with Crippen LogP contribution in [0.25, 0.3) is 0 Å². The first-order valence-corrected chi connectivity index (χ1v) is 8.17. The number of carbonyl (C=O) groups excluding carboxylic acids is 2. The van der Waals surface area contributed by atoms with Crippen molar-refractivity contribution in [2.75, 3.05) is 10.6 Å². The molecular formula is C19H19ClF6N2O2. The second-order valence-corrected chi connectivity index (χ2v) is 6.03. The molecule has 2 amide bonds. The average molecular weight is 457 g/mol. The van der Waals surface area contributed by atoms with Crippen molar-refractivity contribution in [2.24, 2.45) is 0 Å². The van der Waals surface area contributed by atoms with Gasteiger partial charge in [0.15, 0.2) is 0 Å². The summed E-state index contributed by atoms with van der Waals surface area (Å²) in [5.74, 6) is -1.09. The fraction of sp³-hybridized carbons (Fsp3) is 0.263. The van der Waals surface area contributed by atoms with Gasteiger partial charge in [0.1, 0.15) is 0 Å². The van der Waals surface area contributed by atoms with Crippen molar-refractivity contribution in [3.8, 4) is 0 Å². The van der Waals surface area contributed by atoms with E-state index in [1.165, 1.54) is 24.3 Å². The number of hydrogen-bond donors (Lipinski definition) is 2. The molecule has 30 heavy (non-hydrogen) atoms. The van der Waals surface area contributed by atoms with E-state index in [0.717, 1.165) is 32.0 Å². The van der Waals surface area contributed by atoms with Crippen molar-refractivity contribution in [2.45, 2.75) is 33.6 Å². The van der Waals surface area contributed by atoms with E-state index in [9.17, 15) is 35.9 Å². The van der Waals surface area contributed by atoms with Crippen LogP contribution in [0.2, 0.25) is 5.02 Å². The average Bonchev–Trinajstić information content (AvgIpc) is 2.55. The molecule has 0 bridgehead atoms. The van der Waals surface area contributed by atoms with Crippen LogP contribution in [-0.4, -0.2) is 11.8 Å². The molecule has 0 aromatic heterocycles. The minimum Gasteiger partial charge on any atom is -0.326 e. The monoisotopic (exact) mass is 456 g/mol. The topological polar surface area (TPSA) is 58.2 Å². The Bertz CT molecular complexity index is 882. The number of nitrogens with one attached hydrogen (secondary N) is 2. The van der Waals surface area contributed by atoms with Gasteiger partial charge in [-0.25, -0.2) is 0 Å². The zero-order valence-electron chi connectivity index (χ0n) is 15.0. The van der Waals surface area contributed by atoms with Crippen LogP contribution in [0, 0.1) is 0 Å². The summed E-state index contributed by atoms with van der Waals surface area (Å²) < 4.78 is 74.4. The summed E-state index contributed by atoms with van der Waals surface area (Å²) in [5, 5.41) is 4.18. The largest absolute Gasteiger partial charge is 0.418 e. The first-order chi connectivity index (χ1) is 13.2. The van der Waals surface area contributed by atoms with Gasteiger partial charge in [0, 0.05) is 18.9 Å². The predicted molar refractivity (Wildman–Crippen MR) is 103 cm³/mol. The number of halogens is 7. The molecular weight excluding hydrogens is 438 g/mol. The fourth-order valence-corrected chi connectivity index (χ4v) is 2.25. The van der Waals surface area contributed by atoms with Gasteiger partial charge in [0.25, 0.3) is 0 Å². The molecule has 0 aliphatic carbocycles. The third-order valence-corrected chi connectivity index (χ3v) is 3.38. The van der Waals surface area contributed by atoms with E-state index in [2.05, 4.69) is 10.6 Å². The number of rotatable bonds is 2. The molecule has 0 spiro atoms. The molecule has 0 aliphatic rings. The van der Waals surface area contributed by atoms with E-state index in [1.807, 2.05) is 0 Å². The fourth-order valence-electron chi connectivity index (χ4n) is 2.08. The van der Waals surface area contributed by atoms with E-state index in [-0.39, 0.29) is 23.8 Å². The molecule has 0 radical (unpaired) electrons. The lowest BCUT2D eigenvalue weighted by molar-refractivity contribution is -0.137. The van der Waals surface area contributed by atoms with Crippen LogP contribution in [0.5, 0.6) is 0 Å². The lowest BCUT2D eigenvalue weighted by Gasteiger charge is -2.12. The smallest absolute Gasteiger partial charge is 0.326 e. The Morgan fingerprint density at radius 1 is 0.767 bits per heavy atom. The summed E-state index contributed by atoms with van der Waals surface area (Å²) in [6, 6.07) is 8.01. The normalized spacial score (nSPS) is 10.8. The standard InChI is InChI=1S/C9H7ClF3NO.C9H8F3NO.CH4/c1-5(15)14-8-3-2-6(10)4-7(8)9(11,12)13;1-6(14)13-8-5-3-2-4-7(8)9(10,11)12;/h2-4H,1H3,(H,14,15);2-5H,1H3,(H,13,14);1H4. The molecule has 0 heterocycles. The number of anilines is 2. The van der Waals surface area contributed by atoms with Crippen LogP contribution >= 0.6 is 11.6 Å². The highest BCUT2D eigenvalue weighted by molar-refractivity contribution is 6.30. The quantitative estimate of drug-likeness (QED) is 0.499. The molecule has 4 nitrogen and oxygen atoms in total. The summed E-state index contributed by atoms with van der Waals surface area (Å²) in [4.78, 5) is 21.3. The zero-order chi connectivity index (χ0) is 22.4. The van der Waals surface area contributed by atoms with Gasteiger partial charge in [-0.2, -0.15) is 26.3 Å². The van der Waals surface area contributed by atoms with E-state index < -0.39 is 35.3 Å². The van der Waals surface area contributed by atoms with Gasteiger partial charge in [0.2, 0.25) is 11.8 Å². The Morgan fingerprint density at radius 3 is 1.63 bits per heavy atom. The van der Waals surface area contributed by atoms with Gasteiger partial charge >= 0.3 is 12.4 Å². The summed E-state index contributed by atoms with van der Waals surface area (Å²) in [7, 11) is 0. The van der Waals surface area contributed by atoms with Gasteiger partial charge in [-0.15, -0.1) is 0 Å². The van der Waals surface area contributed by atoms with Crippen molar-refractivity contribution in [1.29, 1.82) is 0 Å². The second kappa shape index (κ2) is 10.9. The highest BCUT2D eigenvalue weighted by Gasteiger charge is 2.34. The summed E-state index contributed by atoms with van der Waals surface area (Å²) >= 11 is 5.45. The van der Waals surface area contributed by atoms with Crippen molar-refractivity contribution in [1.82, 2.24) is 0 Å². The first kappa shape index (κ1) is 27.2. The maximum Gasteiger partial charge on any atom is 0.418 e. The SMILES string of the molecule is C.CC(=O)Nc1ccc(Cl)cc1C(F)(F)F.CC(=O)Nc1ccccc1C(F)(F)F. The molecule has 0 atom stereocenters. The summed E-state index contributed by atoms with van der Waals surface area (Å²) in [5.41, 5.74) is -2.30. The molecule has 0 fully saturated rings. The van der Waals surface area contributed by atoms with Crippen LogP contribution in [0.1, 0.15) is 32.4 Å². The molecule has 0 saturated heterocycles. The van der Waals surface area contributed by atoms with E-state index in [0.29, 0.717) is 0 Å². The number of carbonyl (C=O) groups is 2. The molecule has 166 valence electrons. The lowest BCUT2D eigenvalue weighted by atomic mass is 10.1. The molecule has 0 saturated carbocycles. The minimum absolute atomic E-state index is 0. The molecule has 2 aromatic carbocycles. The number of para-hydroxylation sites is 1. The molecule has 2 aromatic rings. The van der Waals surface area contributed by atoms with E-state index >= 15 is 0 Å². The van der Waals surface area contributed by atoms with Crippen LogP contribution < -0.4 is 10.6 Å². The number of benzene rings is 2. The third-order valence-electron chi connectivity index (χ3n) is 3.14. The van der Waals surface area contributed by atoms with Gasteiger partial charge in [-0.3, -0.25) is 9.59 Å². The van der Waals surface area contributed by atoms with Gasteiger partial charge < -0.3 is 10.6 Å². The maximum atomic E-state index is 12.5. The number of amides is 2. The third kappa shape index (κ3) is 8.73.